The maximum absolute atomic E-state index is 12.4. The smallest absolute Gasteiger partial charge is 0.409 e. The van der Waals surface area contributed by atoms with E-state index in [0.29, 0.717) is 12.8 Å². The van der Waals surface area contributed by atoms with Crippen molar-refractivity contribution in [1.29, 1.82) is 0 Å². The highest BCUT2D eigenvalue weighted by Gasteiger charge is 2.31. The molecule has 0 N–H and O–H groups in total. The second kappa shape index (κ2) is 21.1. The molecule has 0 aromatic rings. The minimum atomic E-state index is -0.795. The molecule has 1 heterocycles. The zero-order chi connectivity index (χ0) is 27.3. The van der Waals surface area contributed by atoms with Crippen LogP contribution in [-0.4, -0.2) is 80.4 Å². The van der Waals surface area contributed by atoms with Crippen LogP contribution in [0, 0.1) is 0 Å². The minimum absolute atomic E-state index is 0.0960. The molecule has 1 unspecified atom stereocenters. The van der Waals surface area contributed by atoms with Crippen LogP contribution in [0.15, 0.2) is 0 Å². The monoisotopic (exact) mass is 526 g/mol. The van der Waals surface area contributed by atoms with Crippen LogP contribution in [0.25, 0.3) is 0 Å². The molecule has 216 valence electrons. The van der Waals surface area contributed by atoms with Gasteiger partial charge in [-0.3, -0.25) is 9.59 Å². The normalized spacial score (nSPS) is 14.6. The summed E-state index contributed by atoms with van der Waals surface area (Å²) in [6.45, 7) is 5.78. The number of hydrogen-bond donors (Lipinski definition) is 0. The standard InChI is InChI=1S/C29H54N2O6/c1-5-7-9-11-13-15-17-19-27(32)35-23-26(24-36-29(34)31(4)25-21-30(3)22-25)37-28(33)20-18-16-14-12-10-8-6-2/h25-26H,5-24H2,1-4H3. The number of nitrogens with zero attached hydrogens (tertiary/aromatic N) is 2. The predicted molar refractivity (Wildman–Crippen MR) is 146 cm³/mol. The second-order valence-corrected chi connectivity index (χ2v) is 10.6. The molecule has 0 aliphatic carbocycles. The zero-order valence-electron chi connectivity index (χ0n) is 24.1. The van der Waals surface area contributed by atoms with Crippen molar-refractivity contribution < 1.29 is 28.6 Å². The van der Waals surface area contributed by atoms with E-state index in [1.54, 1.807) is 11.9 Å². The highest BCUT2D eigenvalue weighted by atomic mass is 16.6. The lowest BCUT2D eigenvalue weighted by molar-refractivity contribution is -0.161. The fourth-order valence-corrected chi connectivity index (χ4v) is 4.40. The first kappa shape index (κ1) is 33.2. The molecule has 0 bridgehead atoms. The van der Waals surface area contributed by atoms with E-state index >= 15 is 0 Å². The zero-order valence-corrected chi connectivity index (χ0v) is 24.1. The van der Waals surface area contributed by atoms with E-state index in [2.05, 4.69) is 18.7 Å². The van der Waals surface area contributed by atoms with Gasteiger partial charge in [-0.2, -0.15) is 0 Å². The van der Waals surface area contributed by atoms with Crippen LogP contribution in [-0.2, 0) is 23.8 Å². The van der Waals surface area contributed by atoms with Gasteiger partial charge in [0.05, 0.1) is 6.04 Å². The number of amides is 1. The van der Waals surface area contributed by atoms with E-state index in [9.17, 15) is 14.4 Å². The fraction of sp³-hybridized carbons (Fsp3) is 0.897. The van der Waals surface area contributed by atoms with Crippen LogP contribution in [0.3, 0.4) is 0 Å². The van der Waals surface area contributed by atoms with Gasteiger partial charge in [0.2, 0.25) is 0 Å². The average Bonchev–Trinajstić information content (AvgIpc) is 2.86. The molecule has 0 saturated carbocycles. The molecule has 1 aliphatic rings. The van der Waals surface area contributed by atoms with Gasteiger partial charge in [-0.15, -0.1) is 0 Å². The summed E-state index contributed by atoms with van der Waals surface area (Å²) in [5.41, 5.74) is 0. The lowest BCUT2D eigenvalue weighted by Gasteiger charge is -2.41. The van der Waals surface area contributed by atoms with Gasteiger partial charge in [0.15, 0.2) is 6.10 Å². The van der Waals surface area contributed by atoms with Crippen LogP contribution in [0.1, 0.15) is 117 Å². The van der Waals surface area contributed by atoms with E-state index < -0.39 is 12.2 Å². The Hall–Kier alpha value is -1.83. The van der Waals surface area contributed by atoms with Crippen molar-refractivity contribution in [3.05, 3.63) is 0 Å². The molecule has 1 amide bonds. The number of unbranched alkanes of at least 4 members (excludes halogenated alkanes) is 12. The number of rotatable bonds is 22. The molecule has 8 nitrogen and oxygen atoms in total. The molecule has 0 aromatic heterocycles. The third-order valence-electron chi connectivity index (χ3n) is 6.97. The summed E-state index contributed by atoms with van der Waals surface area (Å²) in [7, 11) is 3.71. The Morgan fingerprint density at radius 3 is 1.70 bits per heavy atom. The highest BCUT2D eigenvalue weighted by molar-refractivity contribution is 5.70. The van der Waals surface area contributed by atoms with Crippen LogP contribution >= 0.6 is 0 Å². The van der Waals surface area contributed by atoms with Crippen LogP contribution in [0.2, 0.25) is 0 Å². The molecule has 1 fully saturated rings. The van der Waals surface area contributed by atoms with E-state index in [1.807, 2.05) is 7.05 Å². The number of carbonyl (C=O) groups excluding carboxylic acids is 3. The summed E-state index contributed by atoms with van der Waals surface area (Å²) in [5.74, 6) is -0.644. The second-order valence-electron chi connectivity index (χ2n) is 10.6. The first-order chi connectivity index (χ1) is 17.9. The average molecular weight is 527 g/mol. The first-order valence-corrected chi connectivity index (χ1v) is 14.8. The van der Waals surface area contributed by atoms with Crippen LogP contribution in [0.5, 0.6) is 0 Å². The van der Waals surface area contributed by atoms with E-state index in [4.69, 9.17) is 14.2 Å². The third-order valence-corrected chi connectivity index (χ3v) is 6.97. The van der Waals surface area contributed by atoms with Gasteiger partial charge < -0.3 is 24.0 Å². The summed E-state index contributed by atoms with van der Waals surface area (Å²) in [5, 5.41) is 0. The van der Waals surface area contributed by atoms with Crippen molar-refractivity contribution in [2.45, 2.75) is 129 Å². The molecule has 0 aromatic carbocycles. The Bertz CT molecular complexity index is 624. The van der Waals surface area contributed by atoms with Gasteiger partial charge in [-0.1, -0.05) is 90.9 Å². The summed E-state index contributed by atoms with van der Waals surface area (Å²) in [6, 6.07) is 0.121. The maximum Gasteiger partial charge on any atom is 0.409 e. The number of likely N-dealkylation sites (tertiary alicyclic amines) is 1. The molecule has 0 radical (unpaired) electrons. The highest BCUT2D eigenvalue weighted by Crippen LogP contribution is 2.14. The quantitative estimate of drug-likeness (QED) is 0.0956. The Kier molecular flexibility index (Phi) is 19.0. The van der Waals surface area contributed by atoms with Crippen molar-refractivity contribution in [1.82, 2.24) is 9.80 Å². The van der Waals surface area contributed by atoms with Crippen molar-refractivity contribution >= 4 is 18.0 Å². The number of likely N-dealkylation sites (N-methyl/N-ethyl adjacent to an activating group) is 2. The van der Waals surface area contributed by atoms with Gasteiger partial charge in [0, 0.05) is 33.0 Å². The lowest BCUT2D eigenvalue weighted by atomic mass is 10.1. The van der Waals surface area contributed by atoms with Gasteiger partial charge in [-0.25, -0.2) is 4.79 Å². The molecular weight excluding hydrogens is 472 g/mol. The Balaban J connectivity index is 2.39. The summed E-state index contributed by atoms with van der Waals surface area (Å²) in [4.78, 5) is 40.8. The van der Waals surface area contributed by atoms with E-state index in [0.717, 1.165) is 51.6 Å². The van der Waals surface area contributed by atoms with Gasteiger partial charge >= 0.3 is 18.0 Å². The minimum Gasteiger partial charge on any atom is -0.462 e. The van der Waals surface area contributed by atoms with E-state index in [-0.39, 0.29) is 31.2 Å². The van der Waals surface area contributed by atoms with Crippen LogP contribution in [0.4, 0.5) is 4.79 Å². The molecule has 0 spiro atoms. The van der Waals surface area contributed by atoms with Crippen molar-refractivity contribution in [2.75, 3.05) is 40.4 Å². The Morgan fingerprint density at radius 1 is 0.730 bits per heavy atom. The maximum atomic E-state index is 12.4. The Labute approximate surface area is 225 Å². The van der Waals surface area contributed by atoms with Crippen LogP contribution < -0.4 is 0 Å². The molecule has 1 atom stereocenters. The molecule has 37 heavy (non-hydrogen) atoms. The van der Waals surface area contributed by atoms with Gasteiger partial charge in [0.25, 0.3) is 0 Å². The number of hydrogen-bond acceptors (Lipinski definition) is 7. The van der Waals surface area contributed by atoms with Gasteiger partial charge in [0.1, 0.15) is 13.2 Å². The summed E-state index contributed by atoms with van der Waals surface area (Å²) < 4.78 is 16.4. The molecular formula is C29H54N2O6. The van der Waals surface area contributed by atoms with Gasteiger partial charge in [-0.05, 0) is 19.9 Å². The number of esters is 2. The summed E-state index contributed by atoms with van der Waals surface area (Å²) >= 11 is 0. The van der Waals surface area contributed by atoms with Crippen molar-refractivity contribution in [2.24, 2.45) is 0 Å². The number of ether oxygens (including phenoxy) is 3. The molecule has 1 aliphatic heterocycles. The van der Waals surface area contributed by atoms with Crippen molar-refractivity contribution in [3.63, 3.8) is 0 Å². The summed E-state index contributed by atoms with van der Waals surface area (Å²) in [6.07, 6.45) is 15.1. The largest absolute Gasteiger partial charge is 0.462 e. The predicted octanol–water partition coefficient (Wildman–Crippen LogP) is 6.11. The fourth-order valence-electron chi connectivity index (χ4n) is 4.40. The first-order valence-electron chi connectivity index (χ1n) is 14.8. The molecule has 8 heteroatoms. The molecule has 1 rings (SSSR count). The molecule has 1 saturated heterocycles. The third kappa shape index (κ3) is 16.6. The SMILES string of the molecule is CCCCCCCCCC(=O)OCC(COC(=O)N(C)C1CN(C)C1)OC(=O)CCCCCCCCC. The number of carbonyl (C=O) groups is 3. The lowest BCUT2D eigenvalue weighted by Crippen LogP contribution is -2.58. The van der Waals surface area contributed by atoms with E-state index in [1.165, 1.54) is 51.4 Å². The van der Waals surface area contributed by atoms with Crippen molar-refractivity contribution in [3.8, 4) is 0 Å². The topological polar surface area (TPSA) is 85.4 Å². The Morgan fingerprint density at radius 2 is 1.19 bits per heavy atom.